The van der Waals surface area contributed by atoms with Crippen molar-refractivity contribution < 1.29 is 0 Å². The maximum Gasteiger partial charge on any atom is 0.137 e. The fraction of sp³-hybridized carbons (Fsp3) is 0.524. The molecule has 4 rings (SSSR count). The van der Waals surface area contributed by atoms with Gasteiger partial charge in [-0.2, -0.15) is 5.10 Å². The first-order valence-electron chi connectivity index (χ1n) is 9.89. The van der Waals surface area contributed by atoms with Crippen LogP contribution in [0.4, 0.5) is 0 Å². The van der Waals surface area contributed by atoms with Crippen LogP contribution in [0.5, 0.6) is 0 Å². The van der Waals surface area contributed by atoms with Gasteiger partial charge in [-0.15, -0.1) is 0 Å². The number of hydrogen-bond acceptors (Lipinski definition) is 3. The summed E-state index contributed by atoms with van der Waals surface area (Å²) in [7, 11) is 1.95. The van der Waals surface area contributed by atoms with Crippen molar-refractivity contribution in [1.82, 2.24) is 24.6 Å². The summed E-state index contributed by atoms with van der Waals surface area (Å²) in [6.45, 7) is 6.88. The molecule has 1 fully saturated rings. The highest BCUT2D eigenvalue weighted by molar-refractivity contribution is 5.93. The van der Waals surface area contributed by atoms with Gasteiger partial charge in [0.1, 0.15) is 5.65 Å². The molecule has 0 radical (unpaired) electrons. The van der Waals surface area contributed by atoms with Gasteiger partial charge in [0, 0.05) is 48.2 Å². The molecule has 3 aromatic heterocycles. The van der Waals surface area contributed by atoms with Crippen LogP contribution in [0.15, 0.2) is 30.9 Å². The van der Waals surface area contributed by atoms with E-state index < -0.39 is 0 Å². The molecule has 0 aliphatic heterocycles. The van der Waals surface area contributed by atoms with Crippen molar-refractivity contribution in [3.63, 3.8) is 0 Å². The van der Waals surface area contributed by atoms with E-state index in [0.29, 0.717) is 5.92 Å². The van der Waals surface area contributed by atoms with E-state index in [9.17, 15) is 0 Å². The van der Waals surface area contributed by atoms with Gasteiger partial charge in [0.05, 0.1) is 6.20 Å². The van der Waals surface area contributed by atoms with Gasteiger partial charge >= 0.3 is 0 Å². The number of nitrogens with one attached hydrogen (secondary N) is 1. The Labute approximate surface area is 155 Å². The maximum absolute atomic E-state index is 4.70. The van der Waals surface area contributed by atoms with Gasteiger partial charge in [-0.25, -0.2) is 4.98 Å². The van der Waals surface area contributed by atoms with Crippen molar-refractivity contribution in [2.75, 3.05) is 13.1 Å². The van der Waals surface area contributed by atoms with Crippen molar-refractivity contribution >= 4 is 11.0 Å². The zero-order valence-electron chi connectivity index (χ0n) is 16.1. The number of pyridine rings is 1. The molecular formula is C21H29N5. The Morgan fingerprint density at radius 1 is 1.15 bits per heavy atom. The quantitative estimate of drug-likeness (QED) is 0.744. The van der Waals surface area contributed by atoms with E-state index >= 15 is 0 Å². The van der Waals surface area contributed by atoms with Crippen LogP contribution < -0.4 is 0 Å². The molecule has 26 heavy (non-hydrogen) atoms. The molecule has 1 N–H and O–H groups in total. The van der Waals surface area contributed by atoms with Crippen molar-refractivity contribution in [2.24, 2.45) is 7.05 Å². The van der Waals surface area contributed by atoms with Crippen LogP contribution in [-0.2, 0) is 7.05 Å². The minimum Gasteiger partial charge on any atom is -0.346 e. The zero-order valence-corrected chi connectivity index (χ0v) is 16.1. The first kappa shape index (κ1) is 17.3. The summed E-state index contributed by atoms with van der Waals surface area (Å²) in [5, 5.41) is 5.52. The summed E-state index contributed by atoms with van der Waals surface area (Å²) in [6.07, 6.45) is 13.2. The van der Waals surface area contributed by atoms with Gasteiger partial charge in [-0.1, -0.05) is 13.8 Å². The molecule has 0 aromatic carbocycles. The Bertz CT molecular complexity index is 866. The van der Waals surface area contributed by atoms with Crippen molar-refractivity contribution in [1.29, 1.82) is 0 Å². The fourth-order valence-electron chi connectivity index (χ4n) is 4.56. The van der Waals surface area contributed by atoms with Gasteiger partial charge in [0.15, 0.2) is 0 Å². The fourth-order valence-corrected chi connectivity index (χ4v) is 4.56. The van der Waals surface area contributed by atoms with Crippen molar-refractivity contribution in [2.45, 2.75) is 51.5 Å². The first-order valence-corrected chi connectivity index (χ1v) is 9.89. The lowest BCUT2D eigenvalue weighted by molar-refractivity contribution is 0.164. The van der Waals surface area contributed by atoms with Crippen LogP contribution in [0.25, 0.3) is 22.2 Å². The standard InChI is InChI=1S/C21H29N5/c1-4-26(5-2)18-8-6-15(7-9-18)16-10-19-20(13-23-21(19)22-11-16)17-12-24-25(3)14-17/h10-15,18H,4-9H2,1-3H3,(H,22,23). The lowest BCUT2D eigenvalue weighted by atomic mass is 9.81. The highest BCUT2D eigenvalue weighted by Gasteiger charge is 2.26. The van der Waals surface area contributed by atoms with Gasteiger partial charge in [-0.3, -0.25) is 4.68 Å². The number of hydrogen-bond donors (Lipinski definition) is 1. The average molecular weight is 351 g/mol. The summed E-state index contributed by atoms with van der Waals surface area (Å²) >= 11 is 0. The molecule has 1 saturated carbocycles. The smallest absolute Gasteiger partial charge is 0.137 e. The van der Waals surface area contributed by atoms with Crippen LogP contribution in [0, 0.1) is 0 Å². The number of nitrogens with zero attached hydrogens (tertiary/aromatic N) is 4. The summed E-state index contributed by atoms with van der Waals surface area (Å²) in [5.41, 5.74) is 4.69. The van der Waals surface area contributed by atoms with Crippen LogP contribution in [0.2, 0.25) is 0 Å². The lowest BCUT2D eigenvalue weighted by Gasteiger charge is -2.35. The molecule has 0 bridgehead atoms. The van der Waals surface area contributed by atoms with E-state index in [0.717, 1.165) is 30.3 Å². The van der Waals surface area contributed by atoms with Crippen LogP contribution in [0.1, 0.15) is 51.0 Å². The molecule has 0 spiro atoms. The molecule has 3 aromatic rings. The molecular weight excluding hydrogens is 322 g/mol. The van der Waals surface area contributed by atoms with Crippen LogP contribution >= 0.6 is 0 Å². The Morgan fingerprint density at radius 2 is 1.92 bits per heavy atom. The Balaban J connectivity index is 1.56. The highest BCUT2D eigenvalue weighted by atomic mass is 15.2. The molecule has 138 valence electrons. The normalized spacial score (nSPS) is 20.9. The van der Waals surface area contributed by atoms with Gasteiger partial charge in [0.25, 0.3) is 0 Å². The molecule has 3 heterocycles. The molecule has 0 unspecified atom stereocenters. The number of aromatic nitrogens is 4. The Hall–Kier alpha value is -2.14. The molecule has 1 aliphatic rings. The molecule has 0 amide bonds. The van der Waals surface area contributed by atoms with Gasteiger partial charge < -0.3 is 9.88 Å². The summed E-state index contributed by atoms with van der Waals surface area (Å²) in [6, 6.07) is 3.11. The molecule has 0 saturated heterocycles. The zero-order chi connectivity index (χ0) is 18.1. The SMILES string of the molecule is CCN(CC)C1CCC(c2cnc3[nH]cc(-c4cnn(C)c4)c3c2)CC1. The summed E-state index contributed by atoms with van der Waals surface area (Å²) in [5.74, 6) is 0.635. The number of rotatable bonds is 5. The van der Waals surface area contributed by atoms with Gasteiger partial charge in [0.2, 0.25) is 0 Å². The van der Waals surface area contributed by atoms with E-state index in [1.54, 1.807) is 0 Å². The predicted octanol–water partition coefficient (Wildman–Crippen LogP) is 4.33. The number of fused-ring (bicyclic) bond motifs is 1. The van der Waals surface area contributed by atoms with Gasteiger partial charge in [-0.05, 0) is 56.3 Å². The minimum atomic E-state index is 0.635. The number of aromatic amines is 1. The number of H-pyrrole nitrogens is 1. The monoisotopic (exact) mass is 351 g/mol. The molecule has 5 nitrogen and oxygen atoms in total. The Morgan fingerprint density at radius 3 is 2.58 bits per heavy atom. The van der Waals surface area contributed by atoms with Crippen LogP contribution in [-0.4, -0.2) is 43.8 Å². The highest BCUT2D eigenvalue weighted by Crippen LogP contribution is 2.36. The second kappa shape index (κ2) is 7.23. The minimum absolute atomic E-state index is 0.635. The van der Waals surface area contributed by atoms with E-state index in [-0.39, 0.29) is 0 Å². The maximum atomic E-state index is 4.70. The van der Waals surface area contributed by atoms with E-state index in [4.69, 9.17) is 4.98 Å². The predicted molar refractivity (Wildman–Crippen MR) is 106 cm³/mol. The largest absolute Gasteiger partial charge is 0.346 e. The third-order valence-electron chi connectivity index (χ3n) is 6.06. The third-order valence-corrected chi connectivity index (χ3v) is 6.06. The first-order chi connectivity index (χ1) is 12.7. The molecule has 1 aliphatic carbocycles. The second-order valence-electron chi connectivity index (χ2n) is 7.50. The summed E-state index contributed by atoms with van der Waals surface area (Å²) < 4.78 is 1.85. The average Bonchev–Trinajstić information content (AvgIpc) is 3.28. The Kier molecular flexibility index (Phi) is 4.81. The molecule has 0 atom stereocenters. The molecule has 5 heteroatoms. The van der Waals surface area contributed by atoms with E-state index in [1.807, 2.05) is 17.9 Å². The van der Waals surface area contributed by atoms with Crippen LogP contribution in [0.3, 0.4) is 0 Å². The lowest BCUT2D eigenvalue weighted by Crippen LogP contribution is -2.37. The van der Waals surface area contributed by atoms with Crippen molar-refractivity contribution in [3.05, 3.63) is 36.4 Å². The number of aryl methyl sites for hydroxylation is 1. The second-order valence-corrected chi connectivity index (χ2v) is 7.50. The summed E-state index contributed by atoms with van der Waals surface area (Å²) in [4.78, 5) is 10.6. The third kappa shape index (κ3) is 3.16. The van der Waals surface area contributed by atoms with E-state index in [1.165, 1.54) is 42.2 Å². The topological polar surface area (TPSA) is 49.7 Å². The van der Waals surface area contributed by atoms with Crippen molar-refractivity contribution in [3.8, 4) is 11.1 Å². The van der Waals surface area contributed by atoms with E-state index in [2.05, 4.69) is 53.5 Å².